The van der Waals surface area contributed by atoms with E-state index < -0.39 is 28.4 Å². The van der Waals surface area contributed by atoms with E-state index in [1.165, 1.54) is 14.2 Å². The second-order valence-corrected chi connectivity index (χ2v) is 11.5. The van der Waals surface area contributed by atoms with E-state index in [0.29, 0.717) is 27.8 Å². The van der Waals surface area contributed by atoms with Gasteiger partial charge in [-0.15, -0.1) is 0 Å². The van der Waals surface area contributed by atoms with Gasteiger partial charge in [-0.1, -0.05) is 152 Å². The van der Waals surface area contributed by atoms with Crippen LogP contribution in [0.3, 0.4) is 0 Å². The highest BCUT2D eigenvalue weighted by atomic mass is 16.5. The minimum atomic E-state index is -1.98. The molecule has 226 valence electrons. The predicted octanol–water partition coefficient (Wildman–Crippen LogP) is 7.03. The molecule has 0 heterocycles. The zero-order valence-corrected chi connectivity index (χ0v) is 25.5. The van der Waals surface area contributed by atoms with E-state index in [1.807, 2.05) is 152 Å². The van der Waals surface area contributed by atoms with Gasteiger partial charge < -0.3 is 14.6 Å². The Labute approximate surface area is 268 Å². The molecule has 5 aromatic carbocycles. The van der Waals surface area contributed by atoms with Crippen LogP contribution in [0.2, 0.25) is 0 Å². The zero-order chi connectivity index (χ0) is 31.9. The minimum absolute atomic E-state index is 0.0433. The molecule has 1 N–H and O–H groups in total. The van der Waals surface area contributed by atoms with E-state index in [-0.39, 0.29) is 11.1 Å². The number of benzene rings is 5. The SMILES string of the molecule is COC(=O)C1=C(C(=O)OC)C2(c3ccccc3)C(c3ccccc3)=C(c3ccccc3)C1(c1ccccc1)C2(O)c1ccccc1. The van der Waals surface area contributed by atoms with Gasteiger partial charge in [0.15, 0.2) is 0 Å². The highest BCUT2D eigenvalue weighted by Gasteiger charge is 2.82. The van der Waals surface area contributed by atoms with Gasteiger partial charge in [-0.2, -0.15) is 0 Å². The summed E-state index contributed by atoms with van der Waals surface area (Å²) in [7, 11) is 2.60. The number of carbonyl (C=O) groups is 2. The van der Waals surface area contributed by atoms with E-state index in [1.54, 1.807) is 0 Å². The average Bonchev–Trinajstić information content (AvgIpc) is 3.48. The molecule has 0 saturated carbocycles. The maximum absolute atomic E-state index is 14.5. The molecule has 2 aliphatic carbocycles. The Bertz CT molecular complexity index is 1860. The second kappa shape index (κ2) is 11.1. The number of carbonyl (C=O) groups excluding carboxylic acids is 2. The first kappa shape index (κ1) is 29.2. The van der Waals surface area contributed by atoms with Crippen LogP contribution in [-0.4, -0.2) is 31.3 Å². The molecule has 0 saturated heterocycles. The van der Waals surface area contributed by atoms with Crippen molar-refractivity contribution in [2.75, 3.05) is 14.2 Å². The number of methoxy groups -OCH3 is 2. The van der Waals surface area contributed by atoms with E-state index in [0.717, 1.165) is 11.1 Å². The maximum atomic E-state index is 14.5. The number of ether oxygens (including phenoxy) is 2. The minimum Gasteiger partial charge on any atom is -0.466 e. The summed E-state index contributed by atoms with van der Waals surface area (Å²) in [6.07, 6.45) is 0. The Morgan fingerprint density at radius 2 is 0.739 bits per heavy atom. The molecule has 2 atom stereocenters. The van der Waals surface area contributed by atoms with Gasteiger partial charge >= 0.3 is 11.9 Å². The molecular weight excluding hydrogens is 572 g/mol. The predicted molar refractivity (Wildman–Crippen MR) is 177 cm³/mol. The molecule has 2 unspecified atom stereocenters. The standard InChI is InChI=1S/C41H32O5/c1-45-37(42)35-36(38(43)46-2)40(31-24-14-6-15-25-31)34(29-20-10-4-11-21-29)33(28-18-8-3-9-19-28)39(35,30-22-12-5-13-23-30)41(40,44)32-26-16-7-17-27-32/h3-27,44H,1-2H3. The van der Waals surface area contributed by atoms with Crippen LogP contribution in [0.4, 0.5) is 0 Å². The molecule has 0 aliphatic heterocycles. The molecule has 7 rings (SSSR count). The zero-order valence-electron chi connectivity index (χ0n) is 25.5. The van der Waals surface area contributed by atoms with Gasteiger partial charge in [0.05, 0.1) is 36.2 Å². The van der Waals surface area contributed by atoms with E-state index in [2.05, 4.69) is 0 Å². The summed E-state index contributed by atoms with van der Waals surface area (Å²) in [5.74, 6) is -1.45. The molecule has 2 bridgehead atoms. The molecule has 5 nitrogen and oxygen atoms in total. The second-order valence-electron chi connectivity index (χ2n) is 11.5. The fraction of sp³-hybridized carbons (Fsp3) is 0.122. The Kier molecular flexibility index (Phi) is 7.07. The number of fused-ring (bicyclic) bond motifs is 2. The summed E-state index contributed by atoms with van der Waals surface area (Å²) in [5.41, 5.74) is -0.397. The molecule has 0 amide bonds. The lowest BCUT2D eigenvalue weighted by molar-refractivity contribution is -0.139. The van der Waals surface area contributed by atoms with Gasteiger partial charge in [0.25, 0.3) is 0 Å². The summed E-state index contributed by atoms with van der Waals surface area (Å²) in [5, 5.41) is 14.4. The first-order valence-electron chi connectivity index (χ1n) is 15.2. The van der Waals surface area contributed by atoms with Crippen LogP contribution in [0.25, 0.3) is 11.1 Å². The van der Waals surface area contributed by atoms with Crippen LogP contribution in [-0.2, 0) is 35.5 Å². The van der Waals surface area contributed by atoms with Gasteiger partial charge in [0.2, 0.25) is 0 Å². The van der Waals surface area contributed by atoms with Gasteiger partial charge in [0.1, 0.15) is 5.60 Å². The van der Waals surface area contributed by atoms with Crippen molar-refractivity contribution in [2.24, 2.45) is 0 Å². The van der Waals surface area contributed by atoms with Gasteiger partial charge in [-0.25, -0.2) is 9.59 Å². The van der Waals surface area contributed by atoms with Crippen LogP contribution >= 0.6 is 0 Å². The average molecular weight is 605 g/mol. The van der Waals surface area contributed by atoms with Crippen molar-refractivity contribution >= 4 is 23.1 Å². The Hall–Kier alpha value is -5.52. The third-order valence-electron chi connectivity index (χ3n) is 9.59. The fourth-order valence-corrected chi connectivity index (χ4v) is 8.13. The molecule has 5 aromatic rings. The lowest BCUT2D eigenvalue weighted by atomic mass is 9.56. The van der Waals surface area contributed by atoms with Crippen molar-refractivity contribution in [1.82, 2.24) is 0 Å². The van der Waals surface area contributed by atoms with Crippen LogP contribution in [0.15, 0.2) is 163 Å². The van der Waals surface area contributed by atoms with E-state index >= 15 is 0 Å². The van der Waals surface area contributed by atoms with Crippen molar-refractivity contribution in [1.29, 1.82) is 0 Å². The van der Waals surface area contributed by atoms with Gasteiger partial charge in [-0.3, -0.25) is 0 Å². The normalized spacial score (nSPS) is 23.4. The Balaban J connectivity index is 1.87. The molecular formula is C41H32O5. The lowest BCUT2D eigenvalue weighted by Crippen LogP contribution is -2.55. The molecule has 5 heteroatoms. The molecule has 0 aromatic heterocycles. The summed E-state index contributed by atoms with van der Waals surface area (Å²) in [6, 6.07) is 47.8. The van der Waals surface area contributed by atoms with Gasteiger partial charge in [0, 0.05) is 0 Å². The van der Waals surface area contributed by atoms with Crippen LogP contribution < -0.4 is 0 Å². The van der Waals surface area contributed by atoms with Crippen molar-refractivity contribution in [3.05, 3.63) is 191 Å². The fourth-order valence-electron chi connectivity index (χ4n) is 8.13. The molecule has 46 heavy (non-hydrogen) atoms. The monoisotopic (exact) mass is 604 g/mol. The third kappa shape index (κ3) is 3.60. The summed E-state index contributed by atoms with van der Waals surface area (Å²) in [6.45, 7) is 0. The van der Waals surface area contributed by atoms with Crippen molar-refractivity contribution in [3.63, 3.8) is 0 Å². The highest BCUT2D eigenvalue weighted by molar-refractivity contribution is 6.22. The van der Waals surface area contributed by atoms with Crippen LogP contribution in [0.1, 0.15) is 27.8 Å². The first-order chi connectivity index (χ1) is 22.5. The highest BCUT2D eigenvalue weighted by Crippen LogP contribution is 2.79. The van der Waals surface area contributed by atoms with Crippen molar-refractivity contribution in [3.8, 4) is 0 Å². The first-order valence-corrected chi connectivity index (χ1v) is 15.2. The summed E-state index contributed by atoms with van der Waals surface area (Å²) >= 11 is 0. The molecule has 0 spiro atoms. The number of aliphatic hydroxyl groups is 1. The number of esters is 2. The van der Waals surface area contributed by atoms with Crippen molar-refractivity contribution < 1.29 is 24.2 Å². The number of hydrogen-bond donors (Lipinski definition) is 1. The molecule has 0 radical (unpaired) electrons. The van der Waals surface area contributed by atoms with E-state index in [9.17, 15) is 14.7 Å². The van der Waals surface area contributed by atoms with E-state index in [4.69, 9.17) is 9.47 Å². The third-order valence-corrected chi connectivity index (χ3v) is 9.59. The van der Waals surface area contributed by atoms with Crippen molar-refractivity contribution in [2.45, 2.75) is 16.4 Å². The topological polar surface area (TPSA) is 72.8 Å². The number of rotatable bonds is 7. The Morgan fingerprint density at radius 3 is 1.04 bits per heavy atom. The van der Waals surface area contributed by atoms with Crippen LogP contribution in [0, 0.1) is 0 Å². The molecule has 2 aliphatic rings. The smallest absolute Gasteiger partial charge is 0.335 e. The largest absolute Gasteiger partial charge is 0.466 e. The van der Waals surface area contributed by atoms with Gasteiger partial charge in [-0.05, 0) is 39.0 Å². The maximum Gasteiger partial charge on any atom is 0.335 e. The molecule has 0 fully saturated rings. The summed E-state index contributed by atoms with van der Waals surface area (Å²) in [4.78, 5) is 29.0. The lowest BCUT2D eigenvalue weighted by Gasteiger charge is -2.48. The quantitative estimate of drug-likeness (QED) is 0.202. The van der Waals surface area contributed by atoms with Crippen LogP contribution in [0.5, 0.6) is 0 Å². The summed E-state index contributed by atoms with van der Waals surface area (Å²) < 4.78 is 11.1. The Morgan fingerprint density at radius 1 is 0.457 bits per heavy atom. The number of hydrogen-bond acceptors (Lipinski definition) is 5.